The highest BCUT2D eigenvalue weighted by atomic mass is 127. The standard InChI is InChI=1S/C21H22IN3O2/c1-12(2)11-25-16(10-23)17(13-6-4-3-5-7-13)18-14(21(25)27)8-9-15(19(18)22)20(24)26/h3-9,12H,10-11,23H2,1-2H3,(H2,24,26). The molecule has 0 saturated heterocycles. The highest BCUT2D eigenvalue weighted by molar-refractivity contribution is 14.1. The van der Waals surface area contributed by atoms with Crippen molar-refractivity contribution in [3.05, 3.63) is 67.6 Å². The van der Waals surface area contributed by atoms with Crippen molar-refractivity contribution in [2.75, 3.05) is 0 Å². The van der Waals surface area contributed by atoms with Crippen LogP contribution in [-0.2, 0) is 13.1 Å². The molecule has 0 fully saturated rings. The third kappa shape index (κ3) is 3.51. The van der Waals surface area contributed by atoms with Gasteiger partial charge in [0, 0.05) is 38.7 Å². The predicted octanol–water partition coefficient (Wildman–Crippen LogP) is 3.49. The van der Waals surface area contributed by atoms with Crippen molar-refractivity contribution in [3.63, 3.8) is 0 Å². The molecule has 0 spiro atoms. The fourth-order valence-electron chi connectivity index (χ4n) is 3.42. The van der Waals surface area contributed by atoms with Crippen molar-refractivity contribution in [3.8, 4) is 11.1 Å². The Kier molecular flexibility index (Phi) is 5.67. The normalized spacial score (nSPS) is 11.3. The number of fused-ring (bicyclic) bond motifs is 1. The van der Waals surface area contributed by atoms with Gasteiger partial charge in [-0.25, -0.2) is 0 Å². The van der Waals surface area contributed by atoms with Crippen LogP contribution in [-0.4, -0.2) is 10.5 Å². The van der Waals surface area contributed by atoms with Gasteiger partial charge < -0.3 is 16.0 Å². The molecule has 0 unspecified atom stereocenters. The first-order valence-corrected chi connectivity index (χ1v) is 9.87. The number of halogens is 1. The number of pyridine rings is 1. The lowest BCUT2D eigenvalue weighted by Crippen LogP contribution is -2.29. The van der Waals surface area contributed by atoms with Crippen molar-refractivity contribution in [1.82, 2.24) is 4.57 Å². The molecule has 1 amide bonds. The molecule has 4 N–H and O–H groups in total. The van der Waals surface area contributed by atoms with Crippen LogP contribution in [0.25, 0.3) is 21.9 Å². The van der Waals surface area contributed by atoms with Crippen molar-refractivity contribution in [2.45, 2.75) is 26.9 Å². The van der Waals surface area contributed by atoms with E-state index in [1.807, 2.05) is 30.3 Å². The van der Waals surface area contributed by atoms with E-state index in [1.54, 1.807) is 16.7 Å². The van der Waals surface area contributed by atoms with Gasteiger partial charge in [-0.3, -0.25) is 9.59 Å². The quantitative estimate of drug-likeness (QED) is 0.554. The molecule has 3 rings (SSSR count). The maximum absolute atomic E-state index is 13.2. The monoisotopic (exact) mass is 475 g/mol. The first kappa shape index (κ1) is 19.6. The van der Waals surface area contributed by atoms with E-state index in [-0.39, 0.29) is 18.0 Å². The number of primary amides is 1. The van der Waals surface area contributed by atoms with Gasteiger partial charge in [0.25, 0.3) is 5.56 Å². The minimum absolute atomic E-state index is 0.0900. The second kappa shape index (κ2) is 7.82. The number of aromatic nitrogens is 1. The van der Waals surface area contributed by atoms with E-state index in [4.69, 9.17) is 11.5 Å². The highest BCUT2D eigenvalue weighted by Crippen LogP contribution is 2.35. The van der Waals surface area contributed by atoms with Crippen molar-refractivity contribution in [2.24, 2.45) is 17.4 Å². The van der Waals surface area contributed by atoms with Gasteiger partial charge in [0.1, 0.15) is 0 Å². The zero-order chi connectivity index (χ0) is 19.7. The molecular weight excluding hydrogens is 453 g/mol. The third-order valence-corrected chi connectivity index (χ3v) is 5.67. The Morgan fingerprint density at radius 1 is 1.15 bits per heavy atom. The van der Waals surface area contributed by atoms with Crippen LogP contribution in [0.5, 0.6) is 0 Å². The average Bonchev–Trinajstić information content (AvgIpc) is 2.64. The summed E-state index contributed by atoms with van der Waals surface area (Å²) in [6.07, 6.45) is 0. The molecule has 0 radical (unpaired) electrons. The van der Waals surface area contributed by atoms with E-state index in [9.17, 15) is 9.59 Å². The number of carbonyl (C=O) groups is 1. The SMILES string of the molecule is CC(C)Cn1c(CN)c(-c2ccccc2)c2c(I)c(C(N)=O)ccc2c1=O. The number of hydrogen-bond donors (Lipinski definition) is 2. The van der Waals surface area contributed by atoms with Crippen LogP contribution >= 0.6 is 22.6 Å². The van der Waals surface area contributed by atoms with Gasteiger partial charge in [-0.15, -0.1) is 0 Å². The zero-order valence-electron chi connectivity index (χ0n) is 15.3. The van der Waals surface area contributed by atoms with Crippen LogP contribution in [0, 0.1) is 9.49 Å². The summed E-state index contributed by atoms with van der Waals surface area (Å²) in [5.41, 5.74) is 14.6. The van der Waals surface area contributed by atoms with Gasteiger partial charge in [-0.2, -0.15) is 0 Å². The molecule has 1 heterocycles. The molecule has 27 heavy (non-hydrogen) atoms. The lowest BCUT2D eigenvalue weighted by molar-refractivity contribution is 0.0999. The molecule has 2 aromatic carbocycles. The number of benzene rings is 2. The Bertz CT molecular complexity index is 1070. The Hall–Kier alpha value is -2.19. The summed E-state index contributed by atoms with van der Waals surface area (Å²) >= 11 is 2.10. The van der Waals surface area contributed by atoms with Crippen molar-refractivity contribution < 1.29 is 4.79 Å². The molecule has 1 aromatic heterocycles. The maximum atomic E-state index is 13.2. The number of carbonyl (C=O) groups excluding carboxylic acids is 1. The van der Waals surface area contributed by atoms with Gasteiger partial charge >= 0.3 is 0 Å². The molecule has 0 atom stereocenters. The Balaban J connectivity index is 2.57. The first-order valence-electron chi connectivity index (χ1n) is 8.80. The first-order chi connectivity index (χ1) is 12.9. The number of amides is 1. The second-order valence-electron chi connectivity index (χ2n) is 6.92. The van der Waals surface area contributed by atoms with Gasteiger partial charge in [-0.05, 0) is 46.2 Å². The summed E-state index contributed by atoms with van der Waals surface area (Å²) < 4.78 is 2.45. The van der Waals surface area contributed by atoms with Crippen LogP contribution in [0.2, 0.25) is 0 Å². The van der Waals surface area contributed by atoms with Crippen molar-refractivity contribution >= 4 is 39.3 Å². The molecular formula is C21H22IN3O2. The smallest absolute Gasteiger partial charge is 0.258 e. The van der Waals surface area contributed by atoms with Crippen LogP contribution in [0.1, 0.15) is 29.9 Å². The second-order valence-corrected chi connectivity index (χ2v) is 7.99. The van der Waals surface area contributed by atoms with E-state index < -0.39 is 5.91 Å². The number of nitrogens with zero attached hydrogens (tertiary/aromatic N) is 1. The largest absolute Gasteiger partial charge is 0.366 e. The van der Waals surface area contributed by atoms with Gasteiger partial charge in [0.15, 0.2) is 0 Å². The third-order valence-electron chi connectivity index (χ3n) is 4.55. The Labute approximate surface area is 171 Å². The highest BCUT2D eigenvalue weighted by Gasteiger charge is 2.22. The maximum Gasteiger partial charge on any atom is 0.258 e. The molecule has 140 valence electrons. The average molecular weight is 475 g/mol. The molecule has 6 heteroatoms. The van der Waals surface area contributed by atoms with E-state index in [2.05, 4.69) is 36.4 Å². The fourth-order valence-corrected chi connectivity index (χ4v) is 4.43. The summed E-state index contributed by atoms with van der Waals surface area (Å²) in [6, 6.07) is 13.1. The van der Waals surface area contributed by atoms with Gasteiger partial charge in [-0.1, -0.05) is 44.2 Å². The van der Waals surface area contributed by atoms with Crippen molar-refractivity contribution in [1.29, 1.82) is 0 Å². The van der Waals surface area contributed by atoms with Crippen LogP contribution in [0.15, 0.2) is 47.3 Å². The summed E-state index contributed by atoms with van der Waals surface area (Å²) in [6.45, 7) is 4.94. The van der Waals surface area contributed by atoms with Gasteiger partial charge in [0.2, 0.25) is 5.91 Å². The zero-order valence-corrected chi connectivity index (χ0v) is 17.5. The molecule has 0 aliphatic heterocycles. The molecule has 0 aliphatic rings. The van der Waals surface area contributed by atoms with E-state index >= 15 is 0 Å². The summed E-state index contributed by atoms with van der Waals surface area (Å²) in [5, 5.41) is 1.31. The predicted molar refractivity (Wildman–Crippen MR) is 118 cm³/mol. The molecule has 0 aliphatic carbocycles. The summed E-state index contributed by atoms with van der Waals surface area (Å²) in [7, 11) is 0. The summed E-state index contributed by atoms with van der Waals surface area (Å²) in [5.74, 6) is -0.223. The lowest BCUT2D eigenvalue weighted by Gasteiger charge is -2.21. The van der Waals surface area contributed by atoms with E-state index in [0.717, 1.165) is 22.2 Å². The minimum atomic E-state index is -0.513. The molecule has 5 nitrogen and oxygen atoms in total. The Morgan fingerprint density at radius 2 is 1.81 bits per heavy atom. The number of rotatable bonds is 5. The molecule has 3 aromatic rings. The number of hydrogen-bond acceptors (Lipinski definition) is 3. The van der Waals surface area contributed by atoms with Crippen LogP contribution < -0.4 is 17.0 Å². The fraction of sp³-hybridized carbons (Fsp3) is 0.238. The molecule has 0 saturated carbocycles. The number of nitrogens with two attached hydrogens (primary N) is 2. The van der Waals surface area contributed by atoms with E-state index in [0.29, 0.717) is 21.1 Å². The minimum Gasteiger partial charge on any atom is -0.366 e. The lowest BCUT2D eigenvalue weighted by atomic mass is 9.95. The molecule has 0 bridgehead atoms. The topological polar surface area (TPSA) is 91.1 Å². The van der Waals surface area contributed by atoms with Gasteiger partial charge in [0.05, 0.1) is 5.56 Å². The van der Waals surface area contributed by atoms with Crippen LogP contribution in [0.4, 0.5) is 0 Å². The summed E-state index contributed by atoms with van der Waals surface area (Å²) in [4.78, 5) is 25.1. The van der Waals surface area contributed by atoms with E-state index in [1.165, 1.54) is 0 Å². The van der Waals surface area contributed by atoms with Crippen LogP contribution in [0.3, 0.4) is 0 Å². The Morgan fingerprint density at radius 3 is 2.37 bits per heavy atom.